The molecule has 0 aliphatic carbocycles. The summed E-state index contributed by atoms with van der Waals surface area (Å²) in [7, 11) is 0. The van der Waals surface area contributed by atoms with Crippen molar-refractivity contribution in [3.63, 3.8) is 0 Å². The van der Waals surface area contributed by atoms with Crippen molar-refractivity contribution >= 4 is 23.4 Å². The molecule has 0 aliphatic heterocycles. The third-order valence-electron chi connectivity index (χ3n) is 4.62. The van der Waals surface area contributed by atoms with Gasteiger partial charge < -0.3 is 0 Å². The summed E-state index contributed by atoms with van der Waals surface area (Å²) in [5, 5.41) is 9.89. The van der Waals surface area contributed by atoms with E-state index in [1.807, 2.05) is 47.9 Å². The van der Waals surface area contributed by atoms with Crippen molar-refractivity contribution in [3.8, 4) is 17.1 Å². The Balaban J connectivity index is 1.70. The molecule has 8 heteroatoms. The molecule has 0 atom stereocenters. The Morgan fingerprint density at radius 3 is 2.39 bits per heavy atom. The molecule has 0 bridgehead atoms. The van der Waals surface area contributed by atoms with Crippen molar-refractivity contribution in [3.05, 3.63) is 94.5 Å². The van der Waals surface area contributed by atoms with E-state index in [1.165, 1.54) is 17.8 Å². The normalized spacial score (nSPS) is 11.6. The maximum atomic E-state index is 13.0. The highest BCUT2D eigenvalue weighted by molar-refractivity contribution is 7.98. The average molecular weight is 460 g/mol. The molecule has 0 amide bonds. The van der Waals surface area contributed by atoms with Crippen LogP contribution >= 0.6 is 23.4 Å². The van der Waals surface area contributed by atoms with Crippen LogP contribution in [0.2, 0.25) is 5.02 Å². The van der Waals surface area contributed by atoms with Crippen LogP contribution in [-0.2, 0) is 11.9 Å². The Morgan fingerprint density at radius 1 is 0.935 bits per heavy atom. The van der Waals surface area contributed by atoms with Crippen molar-refractivity contribution in [1.29, 1.82) is 0 Å². The molecule has 0 saturated heterocycles. The summed E-state index contributed by atoms with van der Waals surface area (Å²) in [6, 6.07) is 20.5. The lowest BCUT2D eigenvalue weighted by molar-refractivity contribution is -0.137. The fourth-order valence-corrected chi connectivity index (χ4v) is 4.16. The number of thioether (sulfide) groups is 1. The number of nitrogens with zero attached hydrogens (tertiary/aromatic N) is 3. The minimum Gasteiger partial charge on any atom is -0.270 e. The molecule has 0 radical (unpaired) electrons. The summed E-state index contributed by atoms with van der Waals surface area (Å²) < 4.78 is 41.0. The van der Waals surface area contributed by atoms with Crippen molar-refractivity contribution in [2.75, 3.05) is 0 Å². The van der Waals surface area contributed by atoms with E-state index in [-0.39, 0.29) is 0 Å². The third-order valence-corrected chi connectivity index (χ3v) is 5.87. The Labute approximate surface area is 186 Å². The monoisotopic (exact) mass is 459 g/mol. The van der Waals surface area contributed by atoms with E-state index in [4.69, 9.17) is 11.6 Å². The number of benzene rings is 3. The largest absolute Gasteiger partial charge is 0.416 e. The van der Waals surface area contributed by atoms with Crippen LogP contribution in [0.25, 0.3) is 17.1 Å². The number of halogens is 4. The molecule has 1 aromatic heterocycles. The van der Waals surface area contributed by atoms with Crippen LogP contribution < -0.4 is 0 Å². The number of rotatable bonds is 5. The van der Waals surface area contributed by atoms with Gasteiger partial charge in [-0.1, -0.05) is 65.3 Å². The van der Waals surface area contributed by atoms with Gasteiger partial charge >= 0.3 is 6.18 Å². The average Bonchev–Trinajstić information content (AvgIpc) is 3.16. The lowest BCUT2D eigenvalue weighted by Gasteiger charge is -2.12. The van der Waals surface area contributed by atoms with Gasteiger partial charge in [-0.3, -0.25) is 4.57 Å². The first-order valence-electron chi connectivity index (χ1n) is 9.38. The van der Waals surface area contributed by atoms with Crippen molar-refractivity contribution in [2.24, 2.45) is 0 Å². The van der Waals surface area contributed by atoms with Crippen LogP contribution in [-0.4, -0.2) is 14.8 Å². The molecule has 4 rings (SSSR count). The van der Waals surface area contributed by atoms with Gasteiger partial charge in [-0.2, -0.15) is 13.2 Å². The van der Waals surface area contributed by atoms with Gasteiger partial charge in [-0.05, 0) is 48.9 Å². The fourth-order valence-electron chi connectivity index (χ4n) is 3.14. The Kier molecular flexibility index (Phi) is 6.07. The smallest absolute Gasteiger partial charge is 0.270 e. The van der Waals surface area contributed by atoms with Gasteiger partial charge in [-0.25, -0.2) is 0 Å². The number of aromatic nitrogens is 3. The molecule has 0 saturated carbocycles. The summed E-state index contributed by atoms with van der Waals surface area (Å²) in [6.07, 6.45) is -4.37. The summed E-state index contributed by atoms with van der Waals surface area (Å²) in [4.78, 5) is 0. The summed E-state index contributed by atoms with van der Waals surface area (Å²) in [5.41, 5.74) is 2.69. The minimum atomic E-state index is -4.37. The Bertz CT molecular complexity index is 1200. The van der Waals surface area contributed by atoms with Crippen LogP contribution in [0.5, 0.6) is 0 Å². The number of aryl methyl sites for hydroxylation is 1. The molecule has 3 aromatic carbocycles. The van der Waals surface area contributed by atoms with Gasteiger partial charge in [0.05, 0.1) is 5.56 Å². The van der Waals surface area contributed by atoms with Gasteiger partial charge in [0.2, 0.25) is 0 Å². The van der Waals surface area contributed by atoms with Gasteiger partial charge in [0.1, 0.15) is 0 Å². The molecule has 0 unspecified atom stereocenters. The molecular weight excluding hydrogens is 443 g/mol. The van der Waals surface area contributed by atoms with Gasteiger partial charge in [0, 0.05) is 22.0 Å². The maximum Gasteiger partial charge on any atom is 0.416 e. The second kappa shape index (κ2) is 8.77. The van der Waals surface area contributed by atoms with Gasteiger partial charge in [0.25, 0.3) is 0 Å². The summed E-state index contributed by atoms with van der Waals surface area (Å²) >= 11 is 7.37. The molecule has 4 aromatic rings. The van der Waals surface area contributed by atoms with E-state index < -0.39 is 11.7 Å². The quantitative estimate of drug-likeness (QED) is 0.295. The van der Waals surface area contributed by atoms with Crippen LogP contribution in [0.3, 0.4) is 0 Å². The number of alkyl halides is 3. The minimum absolute atomic E-state index is 0.323. The highest BCUT2D eigenvalue weighted by atomic mass is 35.5. The lowest BCUT2D eigenvalue weighted by atomic mass is 10.1. The van der Waals surface area contributed by atoms with E-state index in [1.54, 1.807) is 18.2 Å². The maximum absolute atomic E-state index is 13.0. The Hall–Kier alpha value is -2.77. The summed E-state index contributed by atoms with van der Waals surface area (Å²) in [5.74, 6) is 0.973. The van der Waals surface area contributed by atoms with Crippen LogP contribution in [0, 0.1) is 6.92 Å². The fraction of sp³-hybridized carbons (Fsp3) is 0.130. The predicted molar refractivity (Wildman–Crippen MR) is 118 cm³/mol. The molecule has 31 heavy (non-hydrogen) atoms. The standard InChI is InChI=1S/C23H17ClF3N3S/c1-15-4-2-6-17(12-15)21-28-29-22(30(21)20-10-8-19(24)9-11-20)31-14-16-5-3-7-18(13-16)23(25,26)27/h2-13H,14H2,1H3. The van der Waals surface area contributed by atoms with Crippen molar-refractivity contribution in [2.45, 2.75) is 24.0 Å². The SMILES string of the molecule is Cc1cccc(-c2nnc(SCc3cccc(C(F)(F)F)c3)n2-c2ccc(Cl)cc2)c1. The molecule has 0 aliphatic rings. The highest BCUT2D eigenvalue weighted by Crippen LogP contribution is 2.33. The molecular formula is C23H17ClF3N3S. The van der Waals surface area contributed by atoms with E-state index in [0.717, 1.165) is 28.9 Å². The molecule has 0 N–H and O–H groups in total. The van der Waals surface area contributed by atoms with Crippen molar-refractivity contribution < 1.29 is 13.2 Å². The first-order valence-corrected chi connectivity index (χ1v) is 10.7. The predicted octanol–water partition coefficient (Wildman–Crippen LogP) is 7.21. The zero-order valence-corrected chi connectivity index (χ0v) is 18.0. The van der Waals surface area contributed by atoms with E-state index >= 15 is 0 Å². The summed E-state index contributed by atoms with van der Waals surface area (Å²) in [6.45, 7) is 2.00. The lowest BCUT2D eigenvalue weighted by Crippen LogP contribution is -2.05. The molecule has 0 fully saturated rings. The number of hydrogen-bond donors (Lipinski definition) is 0. The first-order chi connectivity index (χ1) is 14.8. The molecule has 3 nitrogen and oxygen atoms in total. The molecule has 158 valence electrons. The zero-order chi connectivity index (χ0) is 22.0. The molecule has 1 heterocycles. The van der Waals surface area contributed by atoms with Crippen LogP contribution in [0.4, 0.5) is 13.2 Å². The number of hydrogen-bond acceptors (Lipinski definition) is 3. The first kappa shape index (κ1) is 21.5. The highest BCUT2D eigenvalue weighted by Gasteiger charge is 2.30. The van der Waals surface area contributed by atoms with Crippen LogP contribution in [0.1, 0.15) is 16.7 Å². The van der Waals surface area contributed by atoms with Gasteiger partial charge in [0.15, 0.2) is 11.0 Å². The van der Waals surface area contributed by atoms with Crippen LogP contribution in [0.15, 0.2) is 78.0 Å². The Morgan fingerprint density at radius 2 is 1.68 bits per heavy atom. The van der Waals surface area contributed by atoms with E-state index in [2.05, 4.69) is 10.2 Å². The zero-order valence-electron chi connectivity index (χ0n) is 16.4. The molecule has 0 spiro atoms. The second-order valence-electron chi connectivity index (χ2n) is 6.97. The van der Waals surface area contributed by atoms with Gasteiger partial charge in [-0.15, -0.1) is 10.2 Å². The topological polar surface area (TPSA) is 30.7 Å². The third kappa shape index (κ3) is 4.94. The van der Waals surface area contributed by atoms with E-state index in [9.17, 15) is 13.2 Å². The second-order valence-corrected chi connectivity index (χ2v) is 8.35. The van der Waals surface area contributed by atoms with E-state index in [0.29, 0.717) is 27.3 Å². The van der Waals surface area contributed by atoms with Crippen molar-refractivity contribution in [1.82, 2.24) is 14.8 Å².